The van der Waals surface area contributed by atoms with Gasteiger partial charge in [-0.2, -0.15) is 10.1 Å². The van der Waals surface area contributed by atoms with Crippen LogP contribution in [0.5, 0.6) is 11.8 Å². The highest BCUT2D eigenvalue weighted by molar-refractivity contribution is 6.39. The van der Waals surface area contributed by atoms with Crippen LogP contribution in [0.25, 0.3) is 39.2 Å². The number of ether oxygens (including phenoxy) is 2. The molecule has 0 spiro atoms. The molecule has 5 aromatic rings. The minimum absolute atomic E-state index is 0.437. The number of hydrogen-bond donors (Lipinski definition) is 1. The fourth-order valence-electron chi connectivity index (χ4n) is 5.18. The van der Waals surface area contributed by atoms with Crippen molar-refractivity contribution in [1.82, 2.24) is 29.5 Å². The molecule has 0 bridgehead atoms. The zero-order valence-corrected chi connectivity index (χ0v) is 24.2. The molecule has 5 heterocycles. The second-order valence-electron chi connectivity index (χ2n) is 10.3. The molecule has 1 N–H and O–H groups in total. The summed E-state index contributed by atoms with van der Waals surface area (Å²) in [6.45, 7) is 7.39. The van der Waals surface area contributed by atoms with Gasteiger partial charge in [0.05, 0.1) is 47.8 Å². The van der Waals surface area contributed by atoms with Gasteiger partial charge in [-0.1, -0.05) is 47.5 Å². The van der Waals surface area contributed by atoms with Gasteiger partial charge in [0.15, 0.2) is 5.82 Å². The number of rotatable bonds is 7. The van der Waals surface area contributed by atoms with Crippen LogP contribution in [0.3, 0.4) is 0 Å². The zero-order valence-electron chi connectivity index (χ0n) is 22.7. The van der Waals surface area contributed by atoms with Crippen LogP contribution in [-0.2, 0) is 6.54 Å². The normalized spacial score (nSPS) is 14.7. The number of methoxy groups -OCH3 is 2. The topological polar surface area (TPSA) is 97.9 Å². The molecular weight excluding hydrogens is 563 g/mol. The third-order valence-corrected chi connectivity index (χ3v) is 7.81. The molecule has 0 unspecified atom stereocenters. The third-order valence-electron chi connectivity index (χ3n) is 7.02. The molecule has 9 nitrogen and oxygen atoms in total. The van der Waals surface area contributed by atoms with Crippen LogP contribution in [0, 0.1) is 6.92 Å². The maximum Gasteiger partial charge on any atom is 0.241 e. The molecule has 6 rings (SSSR count). The summed E-state index contributed by atoms with van der Waals surface area (Å²) >= 11 is 13.9. The Morgan fingerprint density at radius 2 is 1.71 bits per heavy atom. The van der Waals surface area contributed by atoms with Crippen LogP contribution < -0.4 is 9.47 Å². The molecule has 0 atom stereocenters. The molecule has 4 aromatic heterocycles. The summed E-state index contributed by atoms with van der Waals surface area (Å²) in [5.41, 5.74) is 4.88. The van der Waals surface area contributed by atoms with Gasteiger partial charge in [-0.15, -0.1) is 0 Å². The number of aliphatic hydroxyl groups is 1. The van der Waals surface area contributed by atoms with Crippen LogP contribution in [0.2, 0.25) is 10.0 Å². The quantitative estimate of drug-likeness (QED) is 0.262. The van der Waals surface area contributed by atoms with E-state index in [1.54, 1.807) is 24.9 Å². The van der Waals surface area contributed by atoms with E-state index >= 15 is 0 Å². The summed E-state index contributed by atoms with van der Waals surface area (Å²) in [6.07, 6.45) is 3.55. The molecule has 1 aromatic carbocycles. The molecule has 0 amide bonds. The number of hydrogen-bond acceptors (Lipinski definition) is 8. The fourth-order valence-corrected chi connectivity index (χ4v) is 5.83. The van der Waals surface area contributed by atoms with E-state index in [9.17, 15) is 5.11 Å². The average molecular weight is 590 g/mol. The number of nitrogens with zero attached hydrogens (tertiary/aromatic N) is 6. The second kappa shape index (κ2) is 10.6. The predicted molar refractivity (Wildman–Crippen MR) is 158 cm³/mol. The van der Waals surface area contributed by atoms with Crippen molar-refractivity contribution in [1.29, 1.82) is 0 Å². The molecule has 0 saturated carbocycles. The highest BCUT2D eigenvalue weighted by Crippen LogP contribution is 2.42. The summed E-state index contributed by atoms with van der Waals surface area (Å²) < 4.78 is 12.7. The first-order valence-electron chi connectivity index (χ1n) is 12.9. The SMILES string of the molecule is [CH2]c1ccc(-c2cccc(-c3ccnc(-c4cc5c(OC)nc(CN6CC(C)(O)C6)nn5c4)c3Cl)c2Cl)nc1OC. The lowest BCUT2D eigenvalue weighted by atomic mass is 9.97. The summed E-state index contributed by atoms with van der Waals surface area (Å²) in [5, 5.41) is 15.7. The molecule has 1 radical (unpaired) electrons. The van der Waals surface area contributed by atoms with E-state index in [0.717, 1.165) is 22.3 Å². The third kappa shape index (κ3) is 5.10. The van der Waals surface area contributed by atoms with Crippen molar-refractivity contribution in [2.45, 2.75) is 19.1 Å². The van der Waals surface area contributed by atoms with Crippen molar-refractivity contribution in [2.75, 3.05) is 27.3 Å². The van der Waals surface area contributed by atoms with Gasteiger partial charge in [0.2, 0.25) is 11.8 Å². The molecule has 1 fully saturated rings. The lowest BCUT2D eigenvalue weighted by molar-refractivity contribution is -0.0881. The molecule has 1 saturated heterocycles. The molecule has 11 heteroatoms. The molecule has 0 aliphatic carbocycles. The summed E-state index contributed by atoms with van der Waals surface area (Å²) in [6, 6.07) is 13.1. The average Bonchev–Trinajstić information content (AvgIpc) is 3.36. The summed E-state index contributed by atoms with van der Waals surface area (Å²) in [5.74, 6) is 1.46. The lowest BCUT2D eigenvalue weighted by Crippen LogP contribution is -2.59. The highest BCUT2D eigenvalue weighted by Gasteiger charge is 2.36. The van der Waals surface area contributed by atoms with E-state index in [4.69, 9.17) is 32.7 Å². The Balaban J connectivity index is 1.38. The molecule has 41 heavy (non-hydrogen) atoms. The summed E-state index contributed by atoms with van der Waals surface area (Å²) in [7, 11) is 3.13. The van der Waals surface area contributed by atoms with Gasteiger partial charge >= 0.3 is 0 Å². The summed E-state index contributed by atoms with van der Waals surface area (Å²) in [4.78, 5) is 15.8. The van der Waals surface area contributed by atoms with E-state index in [-0.39, 0.29) is 0 Å². The van der Waals surface area contributed by atoms with Crippen molar-refractivity contribution in [3.8, 4) is 45.4 Å². The standard InChI is InChI=1S/C30H27Cl2N6O3/c1-17-8-9-22(34-28(17)40-3)21-7-5-6-19(25(21)31)20-10-11-33-27(26(20)32)18-12-23-29(41-4)35-24(36-38(23)13-18)14-37-15-30(2,39)16-37/h5-13,39H,1,14-16H2,2-4H3. The lowest BCUT2D eigenvalue weighted by Gasteiger charge is -2.43. The van der Waals surface area contributed by atoms with Gasteiger partial charge in [0, 0.05) is 53.3 Å². The Hall–Kier alpha value is -3.76. The zero-order chi connectivity index (χ0) is 28.9. The fraction of sp³-hybridized carbons (Fsp3) is 0.233. The number of likely N-dealkylation sites (tertiary alicyclic amines) is 1. The van der Waals surface area contributed by atoms with Crippen molar-refractivity contribution in [3.05, 3.63) is 83.2 Å². The Kier molecular flexibility index (Phi) is 7.07. The largest absolute Gasteiger partial charge is 0.481 e. The van der Waals surface area contributed by atoms with E-state index < -0.39 is 5.60 Å². The number of halogens is 2. The smallest absolute Gasteiger partial charge is 0.241 e. The minimum atomic E-state index is -0.675. The van der Waals surface area contributed by atoms with Gasteiger partial charge in [0.25, 0.3) is 0 Å². The van der Waals surface area contributed by atoms with Crippen LogP contribution in [-0.4, -0.2) is 67.5 Å². The van der Waals surface area contributed by atoms with E-state index in [1.165, 1.54) is 0 Å². The van der Waals surface area contributed by atoms with E-state index in [2.05, 4.69) is 31.9 Å². The molecule has 209 valence electrons. The first-order valence-corrected chi connectivity index (χ1v) is 13.6. The first kappa shape index (κ1) is 27.4. The number of fused-ring (bicyclic) bond motifs is 1. The maximum absolute atomic E-state index is 10.1. The molecule has 1 aliphatic heterocycles. The maximum atomic E-state index is 10.1. The van der Waals surface area contributed by atoms with Gasteiger partial charge in [-0.3, -0.25) is 9.88 Å². The van der Waals surface area contributed by atoms with Crippen molar-refractivity contribution in [2.24, 2.45) is 0 Å². The van der Waals surface area contributed by atoms with Gasteiger partial charge in [0.1, 0.15) is 5.52 Å². The van der Waals surface area contributed by atoms with Crippen LogP contribution in [0.4, 0.5) is 0 Å². The monoisotopic (exact) mass is 589 g/mol. The predicted octanol–water partition coefficient (Wildman–Crippen LogP) is 5.59. The second-order valence-corrected chi connectivity index (χ2v) is 11.0. The Morgan fingerprint density at radius 3 is 2.44 bits per heavy atom. The van der Waals surface area contributed by atoms with E-state index in [0.29, 0.717) is 69.7 Å². The van der Waals surface area contributed by atoms with Crippen molar-refractivity contribution < 1.29 is 14.6 Å². The van der Waals surface area contributed by atoms with Gasteiger partial charge in [-0.05, 0) is 32.0 Å². The minimum Gasteiger partial charge on any atom is -0.481 e. The van der Waals surface area contributed by atoms with Gasteiger partial charge in [-0.25, -0.2) is 9.50 Å². The highest BCUT2D eigenvalue weighted by atomic mass is 35.5. The van der Waals surface area contributed by atoms with Crippen molar-refractivity contribution >= 4 is 28.7 Å². The van der Waals surface area contributed by atoms with E-state index in [1.807, 2.05) is 55.6 Å². The number of benzene rings is 1. The first-order chi connectivity index (χ1) is 19.7. The number of aromatic nitrogens is 5. The van der Waals surface area contributed by atoms with Crippen LogP contribution in [0.15, 0.2) is 54.9 Å². The Bertz CT molecular complexity index is 1780. The van der Waals surface area contributed by atoms with Gasteiger partial charge < -0.3 is 14.6 Å². The molecular formula is C30H27Cl2N6O3. The Morgan fingerprint density at radius 1 is 0.976 bits per heavy atom. The van der Waals surface area contributed by atoms with Crippen LogP contribution >= 0.6 is 23.2 Å². The Labute approximate surface area is 247 Å². The number of β-amino-alcohol motifs (C(OH)–C–C–N with tert-alkyl or cyclic N) is 1. The number of pyridine rings is 2. The van der Waals surface area contributed by atoms with Crippen molar-refractivity contribution in [3.63, 3.8) is 0 Å². The molecule has 1 aliphatic rings. The van der Waals surface area contributed by atoms with Crippen LogP contribution in [0.1, 0.15) is 18.3 Å².